The third-order valence-corrected chi connectivity index (χ3v) is 6.21. The second kappa shape index (κ2) is 12.1. The van der Waals surface area contributed by atoms with E-state index in [1.54, 1.807) is 13.0 Å². The number of rotatable bonds is 10. The Kier molecular flexibility index (Phi) is 8.03. The van der Waals surface area contributed by atoms with Gasteiger partial charge in [0.25, 0.3) is 0 Å². The Balaban J connectivity index is 1.24. The first-order valence-corrected chi connectivity index (χ1v) is 12.8. The van der Waals surface area contributed by atoms with Gasteiger partial charge in [0.05, 0.1) is 6.61 Å². The van der Waals surface area contributed by atoms with Crippen molar-refractivity contribution in [2.24, 2.45) is 0 Å². The lowest BCUT2D eigenvalue weighted by molar-refractivity contribution is -0.137. The molecule has 39 heavy (non-hydrogen) atoms. The monoisotopic (exact) mass is 519 g/mol. The van der Waals surface area contributed by atoms with Crippen molar-refractivity contribution in [2.45, 2.75) is 27.1 Å². The first-order chi connectivity index (χ1) is 19.1. The molecule has 0 aliphatic rings. The van der Waals surface area contributed by atoms with Crippen LogP contribution in [-0.4, -0.2) is 17.6 Å². The molecule has 6 heteroatoms. The summed E-state index contributed by atoms with van der Waals surface area (Å²) in [5.74, 6) is 2.35. The van der Waals surface area contributed by atoms with Gasteiger partial charge < -0.3 is 18.6 Å². The van der Waals surface area contributed by atoms with Gasteiger partial charge in [0.2, 0.25) is 5.89 Å². The fourth-order valence-corrected chi connectivity index (χ4v) is 4.18. The van der Waals surface area contributed by atoms with E-state index in [4.69, 9.17) is 18.6 Å². The quantitative estimate of drug-likeness (QED) is 0.140. The van der Waals surface area contributed by atoms with Crippen LogP contribution in [0.5, 0.6) is 11.5 Å². The van der Waals surface area contributed by atoms with Crippen molar-refractivity contribution in [1.29, 1.82) is 0 Å². The lowest BCUT2D eigenvalue weighted by atomic mass is 10.0. The van der Waals surface area contributed by atoms with Crippen LogP contribution in [0.3, 0.4) is 0 Å². The minimum Gasteiger partial charge on any atom is -0.488 e. The average Bonchev–Trinajstić information content (AvgIpc) is 3.35. The Bertz CT molecular complexity index is 1590. The van der Waals surface area contributed by atoms with E-state index in [2.05, 4.69) is 4.98 Å². The Labute approximate surface area is 227 Å². The van der Waals surface area contributed by atoms with E-state index >= 15 is 0 Å². The van der Waals surface area contributed by atoms with Crippen LogP contribution < -0.4 is 9.47 Å². The molecule has 0 N–H and O–H groups in total. The third kappa shape index (κ3) is 6.36. The molecule has 0 spiro atoms. The molecule has 1 heterocycles. The number of hydrogen-bond donors (Lipinski definition) is 0. The van der Waals surface area contributed by atoms with Crippen LogP contribution in [0.25, 0.3) is 28.3 Å². The molecule has 4 aromatic carbocycles. The van der Waals surface area contributed by atoms with E-state index in [9.17, 15) is 4.79 Å². The number of nitrogens with zero attached hydrogens (tertiary/aromatic N) is 1. The molecule has 1 aromatic heterocycles. The predicted molar refractivity (Wildman–Crippen MR) is 151 cm³/mol. The molecular formula is C33H29NO5. The number of fused-ring (bicyclic) bond motifs is 1. The minimum absolute atomic E-state index is 0.311. The minimum atomic E-state index is -0.385. The zero-order valence-electron chi connectivity index (χ0n) is 21.9. The lowest BCUT2D eigenvalue weighted by Gasteiger charge is -2.13. The first kappa shape index (κ1) is 25.8. The second-order valence-electron chi connectivity index (χ2n) is 8.89. The highest BCUT2D eigenvalue weighted by atomic mass is 16.5. The largest absolute Gasteiger partial charge is 0.488 e. The molecule has 0 amide bonds. The van der Waals surface area contributed by atoms with E-state index in [0.29, 0.717) is 31.5 Å². The smallest absolute Gasteiger partial charge is 0.330 e. The number of ether oxygens (including phenoxy) is 3. The van der Waals surface area contributed by atoms with E-state index < -0.39 is 0 Å². The lowest BCUT2D eigenvalue weighted by Crippen LogP contribution is -2.00. The van der Waals surface area contributed by atoms with Gasteiger partial charge in [0.15, 0.2) is 0 Å². The zero-order valence-corrected chi connectivity index (χ0v) is 21.9. The maximum absolute atomic E-state index is 11.9. The Morgan fingerprint density at radius 1 is 0.872 bits per heavy atom. The first-order valence-electron chi connectivity index (χ1n) is 12.8. The summed E-state index contributed by atoms with van der Waals surface area (Å²) in [6.45, 7) is 4.68. The molecule has 0 bridgehead atoms. The molecule has 0 unspecified atom stereocenters. The van der Waals surface area contributed by atoms with Crippen LogP contribution >= 0.6 is 0 Å². The molecule has 0 aliphatic carbocycles. The van der Waals surface area contributed by atoms with Crippen LogP contribution in [0, 0.1) is 6.92 Å². The molecule has 0 radical (unpaired) electrons. The Morgan fingerprint density at radius 2 is 1.64 bits per heavy atom. The van der Waals surface area contributed by atoms with Gasteiger partial charge in [0.1, 0.15) is 36.2 Å². The van der Waals surface area contributed by atoms with Gasteiger partial charge in [-0.1, -0.05) is 60.7 Å². The average molecular weight is 520 g/mol. The van der Waals surface area contributed by atoms with Gasteiger partial charge in [-0.15, -0.1) is 0 Å². The van der Waals surface area contributed by atoms with Crippen molar-refractivity contribution in [3.63, 3.8) is 0 Å². The van der Waals surface area contributed by atoms with E-state index in [-0.39, 0.29) is 5.97 Å². The van der Waals surface area contributed by atoms with Gasteiger partial charge >= 0.3 is 5.97 Å². The number of carbonyl (C=O) groups excluding carboxylic acids is 1. The second-order valence-corrected chi connectivity index (χ2v) is 8.89. The molecule has 5 rings (SSSR count). The summed E-state index contributed by atoms with van der Waals surface area (Å²) < 4.78 is 23.0. The molecule has 0 fully saturated rings. The molecular weight excluding hydrogens is 490 g/mol. The van der Waals surface area contributed by atoms with Crippen molar-refractivity contribution in [3.05, 3.63) is 120 Å². The van der Waals surface area contributed by atoms with Crippen molar-refractivity contribution < 1.29 is 23.4 Å². The van der Waals surface area contributed by atoms with Crippen molar-refractivity contribution in [1.82, 2.24) is 4.98 Å². The molecule has 6 nitrogen and oxygen atoms in total. The summed E-state index contributed by atoms with van der Waals surface area (Å²) >= 11 is 0. The standard InChI is InChI=1S/C33H29NO5/c1-3-36-32(35)20-18-29-28-12-8-7-9-25(28)15-19-31(29)38-21-24-13-16-27(17-14-24)37-22-30-23(2)39-33(34-30)26-10-5-4-6-11-26/h4-20H,3,21-22H2,1-2H3/b20-18+. The van der Waals surface area contributed by atoms with Gasteiger partial charge in [-0.05, 0) is 66.6 Å². The van der Waals surface area contributed by atoms with Crippen LogP contribution in [0.1, 0.15) is 29.5 Å². The maximum Gasteiger partial charge on any atom is 0.330 e. The van der Waals surface area contributed by atoms with Gasteiger partial charge in [-0.25, -0.2) is 9.78 Å². The highest BCUT2D eigenvalue weighted by molar-refractivity contribution is 5.96. The summed E-state index contributed by atoms with van der Waals surface area (Å²) in [5.41, 5.74) is 3.52. The number of aromatic nitrogens is 1. The molecule has 0 aliphatic heterocycles. The number of aryl methyl sites for hydroxylation is 1. The van der Waals surface area contributed by atoms with Crippen LogP contribution in [0.2, 0.25) is 0 Å². The van der Waals surface area contributed by atoms with Crippen LogP contribution in [0.15, 0.2) is 101 Å². The fraction of sp³-hybridized carbons (Fsp3) is 0.152. The maximum atomic E-state index is 11.9. The highest BCUT2D eigenvalue weighted by Gasteiger charge is 2.12. The van der Waals surface area contributed by atoms with Crippen molar-refractivity contribution in [2.75, 3.05) is 6.61 Å². The van der Waals surface area contributed by atoms with Crippen LogP contribution in [0.4, 0.5) is 0 Å². The summed E-state index contributed by atoms with van der Waals surface area (Å²) in [5, 5.41) is 2.06. The van der Waals surface area contributed by atoms with Gasteiger partial charge in [-0.2, -0.15) is 0 Å². The van der Waals surface area contributed by atoms with E-state index in [0.717, 1.165) is 44.7 Å². The number of oxazole rings is 1. The van der Waals surface area contributed by atoms with E-state index in [1.807, 2.05) is 97.9 Å². The van der Waals surface area contributed by atoms with Crippen molar-refractivity contribution in [3.8, 4) is 23.0 Å². The molecule has 5 aromatic rings. The SMILES string of the molecule is CCOC(=O)/C=C/c1c(OCc2ccc(OCc3nc(-c4ccccc4)oc3C)cc2)ccc2ccccc12. The normalized spacial score (nSPS) is 11.1. The molecule has 0 atom stereocenters. The third-order valence-electron chi connectivity index (χ3n) is 6.21. The van der Waals surface area contributed by atoms with Gasteiger partial charge in [0, 0.05) is 17.2 Å². The number of esters is 1. The number of hydrogen-bond acceptors (Lipinski definition) is 6. The van der Waals surface area contributed by atoms with Gasteiger partial charge in [-0.3, -0.25) is 0 Å². The molecule has 196 valence electrons. The number of benzene rings is 4. The number of carbonyl (C=O) groups is 1. The topological polar surface area (TPSA) is 70.8 Å². The Hall–Kier alpha value is -4.84. The van der Waals surface area contributed by atoms with Crippen LogP contribution in [-0.2, 0) is 22.7 Å². The Morgan fingerprint density at radius 3 is 2.44 bits per heavy atom. The summed E-state index contributed by atoms with van der Waals surface area (Å²) in [6.07, 6.45) is 3.19. The fourth-order valence-electron chi connectivity index (χ4n) is 4.18. The zero-order chi connectivity index (χ0) is 27.0. The van der Waals surface area contributed by atoms with Crippen molar-refractivity contribution >= 4 is 22.8 Å². The summed E-state index contributed by atoms with van der Waals surface area (Å²) in [6, 6.07) is 29.5. The molecule has 0 saturated heterocycles. The summed E-state index contributed by atoms with van der Waals surface area (Å²) in [7, 11) is 0. The predicted octanol–water partition coefficient (Wildman–Crippen LogP) is 7.54. The highest BCUT2D eigenvalue weighted by Crippen LogP contribution is 2.30. The van der Waals surface area contributed by atoms with E-state index in [1.165, 1.54) is 6.08 Å². The summed E-state index contributed by atoms with van der Waals surface area (Å²) in [4.78, 5) is 16.5. The molecule has 0 saturated carbocycles.